The normalized spacial score (nSPS) is 18.7. The van der Waals surface area contributed by atoms with Crippen molar-refractivity contribution in [3.05, 3.63) is 20.0 Å². The van der Waals surface area contributed by atoms with E-state index in [1.54, 1.807) is 0 Å². The Bertz CT molecular complexity index is 101. The third-order valence-electron chi connectivity index (χ3n) is 0.682. The summed E-state index contributed by atoms with van der Waals surface area (Å²) in [5.74, 6) is 0. The van der Waals surface area contributed by atoms with Gasteiger partial charge in [0.1, 0.15) is 0 Å². The Labute approximate surface area is 60.9 Å². The predicted molar refractivity (Wildman–Crippen MR) is 21.8 cm³/mol. The standard InChI is InChI=1S/C5H5.Lu/c1-2-4-5-3-1;/h1-3H,4H2;. The van der Waals surface area contributed by atoms with Crippen LogP contribution >= 0.6 is 0 Å². The Kier molecular flexibility index (Phi) is 1.73. The zero-order chi connectivity index (χ0) is 4.41. The van der Waals surface area contributed by atoms with Crippen LogP contribution in [0.1, 0.15) is 6.42 Å². The summed E-state index contributed by atoms with van der Waals surface area (Å²) in [6.45, 7) is 0. The zero-order valence-corrected chi connectivity index (χ0v) is 4.85. The molecule has 0 nitrogen and oxygen atoms in total. The SMILES string of the molecule is [Lu][C]1=CC=CC1. The molecule has 0 aliphatic heterocycles. The molecule has 0 aromatic carbocycles. The molecular weight excluding hydrogens is 235 g/mol. The van der Waals surface area contributed by atoms with Crippen molar-refractivity contribution < 1.29 is 35.0 Å². The van der Waals surface area contributed by atoms with E-state index in [0.29, 0.717) is 0 Å². The minimum atomic E-state index is 1.09. The van der Waals surface area contributed by atoms with Gasteiger partial charge in [-0.2, -0.15) is 0 Å². The molecule has 1 heteroatoms. The third-order valence-corrected chi connectivity index (χ3v) is 1.30. The molecule has 40 valence electrons. The van der Waals surface area contributed by atoms with Gasteiger partial charge >= 0.3 is 61.4 Å². The molecule has 0 atom stereocenters. The van der Waals surface area contributed by atoms with Crippen LogP contribution in [0.2, 0.25) is 0 Å². The molecule has 0 heterocycles. The van der Waals surface area contributed by atoms with Gasteiger partial charge < -0.3 is 0 Å². The van der Waals surface area contributed by atoms with E-state index in [-0.39, 0.29) is 0 Å². The topological polar surface area (TPSA) is 0 Å². The molecule has 6 heavy (non-hydrogen) atoms. The summed E-state index contributed by atoms with van der Waals surface area (Å²) in [6, 6.07) is 0. The molecule has 0 aromatic rings. The first kappa shape index (κ1) is 4.86. The first-order valence-electron chi connectivity index (χ1n) is 1.85. The van der Waals surface area contributed by atoms with Crippen LogP contribution in [0.25, 0.3) is 0 Å². The van der Waals surface area contributed by atoms with Crippen LogP contribution in [-0.2, 0) is 0 Å². The van der Waals surface area contributed by atoms with E-state index in [4.69, 9.17) is 0 Å². The quantitative estimate of drug-likeness (QED) is 0.600. The Hall–Kier alpha value is 0.714. The second-order valence-electron chi connectivity index (χ2n) is 1.17. The van der Waals surface area contributed by atoms with Crippen molar-refractivity contribution >= 4 is 0 Å². The van der Waals surface area contributed by atoms with Crippen molar-refractivity contribution in [3.63, 3.8) is 0 Å². The maximum absolute atomic E-state index is 3.20. The molecule has 0 saturated heterocycles. The molecule has 0 bridgehead atoms. The molecule has 0 radical (unpaired) electrons. The van der Waals surface area contributed by atoms with Crippen LogP contribution in [-0.4, -0.2) is 0 Å². The van der Waals surface area contributed by atoms with E-state index in [2.05, 4.69) is 53.2 Å². The molecule has 0 amide bonds. The fraction of sp³-hybridized carbons (Fsp3) is 0.200. The Morgan fingerprint density at radius 1 is 1.67 bits per heavy atom. The van der Waals surface area contributed by atoms with Crippen LogP contribution < -0.4 is 0 Å². The van der Waals surface area contributed by atoms with Crippen molar-refractivity contribution in [3.8, 4) is 0 Å². The van der Waals surface area contributed by atoms with Crippen LogP contribution in [0.5, 0.6) is 0 Å². The number of hydrogen-bond donors (Lipinski definition) is 0. The summed E-state index contributed by atoms with van der Waals surface area (Å²) in [5.41, 5.74) is 0. The molecule has 0 saturated carbocycles. The van der Waals surface area contributed by atoms with E-state index in [9.17, 15) is 0 Å². The zero-order valence-electron chi connectivity index (χ0n) is 3.20. The molecule has 1 aliphatic rings. The first-order valence-corrected chi connectivity index (χ1v) is 2.67. The van der Waals surface area contributed by atoms with Gasteiger partial charge in [-0.25, -0.2) is 0 Å². The van der Waals surface area contributed by atoms with Gasteiger partial charge in [0.2, 0.25) is 0 Å². The summed E-state index contributed by atoms with van der Waals surface area (Å²) < 4.78 is 1.30. The summed E-state index contributed by atoms with van der Waals surface area (Å²) >= 11 is 3.20. The molecular formula is C5H5Lu. The third kappa shape index (κ3) is 1.09. The fourth-order valence-corrected chi connectivity index (χ4v) is 0.750. The van der Waals surface area contributed by atoms with Crippen LogP contribution in [0.3, 0.4) is 0 Å². The minimum absolute atomic E-state index is 1.09. The van der Waals surface area contributed by atoms with Gasteiger partial charge in [-0.15, -0.1) is 0 Å². The van der Waals surface area contributed by atoms with E-state index < -0.39 is 0 Å². The molecule has 1 aliphatic carbocycles. The van der Waals surface area contributed by atoms with E-state index >= 15 is 0 Å². The molecule has 0 fully saturated rings. The molecule has 0 spiro atoms. The van der Waals surface area contributed by atoms with E-state index in [1.807, 2.05) is 0 Å². The second-order valence-corrected chi connectivity index (χ2v) is 2.23. The second kappa shape index (κ2) is 2.13. The Balaban J connectivity index is 2.61. The number of rotatable bonds is 0. The summed E-state index contributed by atoms with van der Waals surface area (Å²) in [6.07, 6.45) is 7.33. The van der Waals surface area contributed by atoms with Crippen LogP contribution in [0, 0.1) is 35.0 Å². The maximum atomic E-state index is 3.20. The van der Waals surface area contributed by atoms with Crippen LogP contribution in [0.15, 0.2) is 20.0 Å². The van der Waals surface area contributed by atoms with Gasteiger partial charge in [0.15, 0.2) is 0 Å². The Morgan fingerprint density at radius 2 is 2.50 bits per heavy atom. The summed E-state index contributed by atoms with van der Waals surface area (Å²) in [5, 5.41) is 0. The number of allylic oxidation sites excluding steroid dienone is 4. The van der Waals surface area contributed by atoms with Crippen molar-refractivity contribution in [2.45, 2.75) is 6.42 Å². The van der Waals surface area contributed by atoms with Gasteiger partial charge in [-0.3, -0.25) is 0 Å². The first-order chi connectivity index (χ1) is 2.89. The van der Waals surface area contributed by atoms with E-state index in [1.165, 1.54) is 1.79 Å². The van der Waals surface area contributed by atoms with Crippen molar-refractivity contribution in [1.29, 1.82) is 0 Å². The van der Waals surface area contributed by atoms with Gasteiger partial charge in [0, 0.05) is 0 Å². The average molecular weight is 240 g/mol. The predicted octanol–water partition coefficient (Wildman–Crippen LogP) is 1.38. The summed E-state index contributed by atoms with van der Waals surface area (Å²) in [7, 11) is 0. The van der Waals surface area contributed by atoms with Gasteiger partial charge in [-0.1, -0.05) is 0 Å². The Morgan fingerprint density at radius 3 is 2.67 bits per heavy atom. The van der Waals surface area contributed by atoms with Gasteiger partial charge in [-0.05, 0) is 0 Å². The molecule has 0 aromatic heterocycles. The van der Waals surface area contributed by atoms with Gasteiger partial charge in [0.05, 0.1) is 0 Å². The molecule has 0 unspecified atom stereocenters. The van der Waals surface area contributed by atoms with Crippen molar-refractivity contribution in [2.24, 2.45) is 0 Å². The fourth-order valence-electron chi connectivity index (χ4n) is 0.395. The molecule has 0 N–H and O–H groups in total. The van der Waals surface area contributed by atoms with Crippen molar-refractivity contribution in [1.82, 2.24) is 0 Å². The van der Waals surface area contributed by atoms with Crippen molar-refractivity contribution in [2.75, 3.05) is 0 Å². The van der Waals surface area contributed by atoms with Gasteiger partial charge in [0.25, 0.3) is 0 Å². The number of hydrogen-bond acceptors (Lipinski definition) is 0. The molecule has 1 rings (SSSR count). The monoisotopic (exact) mass is 240 g/mol. The van der Waals surface area contributed by atoms with Crippen LogP contribution in [0.4, 0.5) is 0 Å². The average Bonchev–Trinajstić information content (AvgIpc) is 1.86. The summed E-state index contributed by atoms with van der Waals surface area (Å²) in [4.78, 5) is 0. The van der Waals surface area contributed by atoms with E-state index in [0.717, 1.165) is 6.42 Å².